The Hall–Kier alpha value is -1.35. The molecule has 0 saturated heterocycles. The van der Waals surface area contributed by atoms with E-state index in [0.717, 1.165) is 18.4 Å². The van der Waals surface area contributed by atoms with Crippen LogP contribution in [0.25, 0.3) is 0 Å². The van der Waals surface area contributed by atoms with Crippen molar-refractivity contribution in [3.05, 3.63) is 29.8 Å². The van der Waals surface area contributed by atoms with E-state index in [2.05, 4.69) is 20.8 Å². The minimum absolute atomic E-state index is 0.0600. The summed E-state index contributed by atoms with van der Waals surface area (Å²) in [6.07, 6.45) is 0.962. The highest BCUT2D eigenvalue weighted by molar-refractivity contribution is 5.78. The predicted molar refractivity (Wildman–Crippen MR) is 99.0 cm³/mol. The van der Waals surface area contributed by atoms with Crippen LogP contribution in [-0.2, 0) is 4.79 Å². The zero-order chi connectivity index (χ0) is 18.8. The van der Waals surface area contributed by atoms with Gasteiger partial charge in [0.15, 0.2) is 0 Å². The summed E-state index contributed by atoms with van der Waals surface area (Å²) in [7, 11) is 0. The van der Waals surface area contributed by atoms with Crippen LogP contribution in [0.2, 0.25) is 0 Å². The van der Waals surface area contributed by atoms with Crippen LogP contribution in [0.4, 0.5) is 0 Å². The molecule has 0 saturated carbocycles. The van der Waals surface area contributed by atoms with Crippen LogP contribution in [0.3, 0.4) is 0 Å². The second kappa shape index (κ2) is 7.26. The molecule has 136 valence electrons. The molecule has 2 unspecified atom stereocenters. The first-order valence-electron chi connectivity index (χ1n) is 8.79. The molecule has 0 fully saturated rings. The second-order valence-corrected chi connectivity index (χ2v) is 9.38. The highest BCUT2D eigenvalue weighted by atomic mass is 16.5. The van der Waals surface area contributed by atoms with Crippen molar-refractivity contribution in [2.45, 2.75) is 74.3 Å². The largest absolute Gasteiger partial charge is 0.426 e. The third-order valence-corrected chi connectivity index (χ3v) is 4.42. The van der Waals surface area contributed by atoms with Gasteiger partial charge in [0.1, 0.15) is 5.75 Å². The Balaban J connectivity index is 2.87. The zero-order valence-corrected chi connectivity index (χ0v) is 16.6. The quantitative estimate of drug-likeness (QED) is 0.569. The number of rotatable bonds is 5. The normalized spacial score (nSPS) is 16.4. The number of esters is 1. The summed E-state index contributed by atoms with van der Waals surface area (Å²) in [4.78, 5) is 12.6. The van der Waals surface area contributed by atoms with Gasteiger partial charge in [-0.1, -0.05) is 60.6 Å². The van der Waals surface area contributed by atoms with Crippen LogP contribution in [0.5, 0.6) is 5.75 Å². The van der Waals surface area contributed by atoms with E-state index in [-0.39, 0.29) is 16.8 Å². The number of ether oxygens (including phenoxy) is 1. The number of aliphatic hydroxyl groups excluding tert-OH is 1. The molecule has 1 aromatic carbocycles. The fourth-order valence-electron chi connectivity index (χ4n) is 2.96. The van der Waals surface area contributed by atoms with Crippen molar-refractivity contribution in [3.63, 3.8) is 0 Å². The maximum absolute atomic E-state index is 12.6. The van der Waals surface area contributed by atoms with E-state index in [1.54, 1.807) is 12.1 Å². The monoisotopic (exact) mass is 334 g/mol. The molecule has 1 rings (SSSR count). The van der Waals surface area contributed by atoms with Crippen LogP contribution < -0.4 is 4.74 Å². The molecular formula is C21H34O3. The Morgan fingerprint density at radius 3 is 1.92 bits per heavy atom. The Bertz CT molecular complexity index is 546. The number of benzene rings is 1. The van der Waals surface area contributed by atoms with Gasteiger partial charge < -0.3 is 9.84 Å². The lowest BCUT2D eigenvalue weighted by atomic mass is 9.73. The minimum atomic E-state index is -0.552. The van der Waals surface area contributed by atoms with E-state index >= 15 is 0 Å². The van der Waals surface area contributed by atoms with Crippen LogP contribution in [-0.4, -0.2) is 11.1 Å². The zero-order valence-electron chi connectivity index (χ0n) is 16.6. The van der Waals surface area contributed by atoms with Gasteiger partial charge in [-0.2, -0.15) is 0 Å². The van der Waals surface area contributed by atoms with Crippen molar-refractivity contribution in [3.8, 4) is 5.75 Å². The standard InChI is InChI=1S/C21H34O3/c1-9-21(8,14-19(2,3)4)18(23)24-16-12-10-15(11-13-16)17(22)20(5,6)7/h10-13,17,22H,9,14H2,1-8H3. The van der Waals surface area contributed by atoms with Crippen molar-refractivity contribution in [1.29, 1.82) is 0 Å². The average Bonchev–Trinajstić information content (AvgIpc) is 2.44. The van der Waals surface area contributed by atoms with E-state index in [1.807, 2.05) is 46.8 Å². The third kappa shape index (κ3) is 5.62. The van der Waals surface area contributed by atoms with E-state index in [4.69, 9.17) is 4.74 Å². The Labute approximate surface area is 147 Å². The van der Waals surface area contributed by atoms with Crippen molar-refractivity contribution >= 4 is 5.97 Å². The lowest BCUT2D eigenvalue weighted by Gasteiger charge is -2.32. The maximum Gasteiger partial charge on any atom is 0.317 e. The van der Waals surface area contributed by atoms with Gasteiger partial charge in [-0.15, -0.1) is 0 Å². The number of carbonyl (C=O) groups is 1. The van der Waals surface area contributed by atoms with Crippen molar-refractivity contribution < 1.29 is 14.6 Å². The summed E-state index contributed by atoms with van der Waals surface area (Å²) in [6, 6.07) is 7.17. The number of aliphatic hydroxyl groups is 1. The van der Waals surface area contributed by atoms with Crippen LogP contribution in [0.15, 0.2) is 24.3 Å². The first-order chi connectivity index (χ1) is 10.8. The van der Waals surface area contributed by atoms with E-state index in [9.17, 15) is 9.90 Å². The smallest absolute Gasteiger partial charge is 0.317 e. The van der Waals surface area contributed by atoms with Gasteiger partial charge >= 0.3 is 5.97 Å². The van der Waals surface area contributed by atoms with Gasteiger partial charge in [-0.3, -0.25) is 4.79 Å². The molecule has 0 spiro atoms. The first-order valence-corrected chi connectivity index (χ1v) is 8.79. The molecule has 0 amide bonds. The summed E-state index contributed by atoms with van der Waals surface area (Å²) in [5, 5.41) is 10.3. The number of hydrogen-bond acceptors (Lipinski definition) is 3. The topological polar surface area (TPSA) is 46.5 Å². The average molecular weight is 335 g/mol. The Kier molecular flexibility index (Phi) is 6.26. The molecule has 0 radical (unpaired) electrons. The Morgan fingerprint density at radius 1 is 1.04 bits per heavy atom. The fraction of sp³-hybridized carbons (Fsp3) is 0.667. The molecule has 3 nitrogen and oxygen atoms in total. The van der Waals surface area contributed by atoms with Gasteiger partial charge in [0.05, 0.1) is 11.5 Å². The fourth-order valence-corrected chi connectivity index (χ4v) is 2.96. The molecule has 2 atom stereocenters. The summed E-state index contributed by atoms with van der Waals surface area (Å²) in [6.45, 7) is 16.4. The van der Waals surface area contributed by atoms with Gasteiger partial charge in [0.2, 0.25) is 0 Å². The predicted octanol–water partition coefficient (Wildman–Crippen LogP) is 5.52. The van der Waals surface area contributed by atoms with Crippen LogP contribution in [0.1, 0.15) is 79.9 Å². The molecule has 1 aromatic rings. The van der Waals surface area contributed by atoms with Crippen molar-refractivity contribution in [2.24, 2.45) is 16.2 Å². The highest BCUT2D eigenvalue weighted by Crippen LogP contribution is 2.38. The van der Waals surface area contributed by atoms with E-state index < -0.39 is 11.5 Å². The Morgan fingerprint density at radius 2 is 1.54 bits per heavy atom. The molecule has 0 bridgehead atoms. The first kappa shape index (κ1) is 20.7. The van der Waals surface area contributed by atoms with Crippen molar-refractivity contribution in [2.75, 3.05) is 0 Å². The maximum atomic E-state index is 12.6. The molecule has 0 heterocycles. The molecule has 0 aliphatic heterocycles. The van der Waals surface area contributed by atoms with E-state index in [0.29, 0.717) is 5.75 Å². The SMILES string of the molecule is CCC(C)(CC(C)(C)C)C(=O)Oc1ccc(C(O)C(C)(C)C)cc1. The van der Waals surface area contributed by atoms with Gasteiger partial charge in [-0.05, 0) is 48.3 Å². The number of hydrogen-bond donors (Lipinski definition) is 1. The molecule has 3 heteroatoms. The van der Waals surface area contributed by atoms with Crippen LogP contribution >= 0.6 is 0 Å². The van der Waals surface area contributed by atoms with Gasteiger partial charge in [0, 0.05) is 0 Å². The highest BCUT2D eigenvalue weighted by Gasteiger charge is 2.37. The molecule has 1 N–H and O–H groups in total. The third-order valence-electron chi connectivity index (χ3n) is 4.42. The minimum Gasteiger partial charge on any atom is -0.426 e. The molecule has 0 aromatic heterocycles. The molecule has 0 aliphatic rings. The van der Waals surface area contributed by atoms with Gasteiger partial charge in [0.25, 0.3) is 0 Å². The van der Waals surface area contributed by atoms with Crippen molar-refractivity contribution in [1.82, 2.24) is 0 Å². The van der Waals surface area contributed by atoms with E-state index in [1.165, 1.54) is 0 Å². The lowest BCUT2D eigenvalue weighted by Crippen LogP contribution is -2.35. The summed E-state index contributed by atoms with van der Waals surface area (Å²) < 4.78 is 5.62. The summed E-state index contributed by atoms with van der Waals surface area (Å²) >= 11 is 0. The van der Waals surface area contributed by atoms with Gasteiger partial charge in [-0.25, -0.2) is 0 Å². The molecular weight excluding hydrogens is 300 g/mol. The molecule has 24 heavy (non-hydrogen) atoms. The second-order valence-electron chi connectivity index (χ2n) is 9.38. The lowest BCUT2D eigenvalue weighted by molar-refractivity contribution is -0.147. The van der Waals surface area contributed by atoms with Crippen LogP contribution in [0, 0.1) is 16.2 Å². The summed E-state index contributed by atoms with van der Waals surface area (Å²) in [5.41, 5.74) is 0.160. The molecule has 0 aliphatic carbocycles. The summed E-state index contributed by atoms with van der Waals surface area (Å²) in [5.74, 6) is 0.336. The number of carbonyl (C=O) groups excluding carboxylic acids is 1.